The average Bonchev–Trinajstić information content (AvgIpc) is 2.31. The van der Waals surface area contributed by atoms with Crippen molar-refractivity contribution in [1.82, 2.24) is 5.32 Å². The van der Waals surface area contributed by atoms with Crippen LogP contribution in [-0.2, 0) is 0 Å². The van der Waals surface area contributed by atoms with E-state index < -0.39 is 0 Å². The minimum atomic E-state index is 0.764. The van der Waals surface area contributed by atoms with Gasteiger partial charge in [0.25, 0.3) is 0 Å². The summed E-state index contributed by atoms with van der Waals surface area (Å²) in [6.07, 6.45) is 6.95. The van der Waals surface area contributed by atoms with Gasteiger partial charge in [-0.15, -0.1) is 0 Å². The van der Waals surface area contributed by atoms with Crippen LogP contribution >= 0.6 is 0 Å². The molecule has 1 N–H and O–H groups in total. The predicted octanol–water partition coefficient (Wildman–Crippen LogP) is 5.11. The van der Waals surface area contributed by atoms with Gasteiger partial charge >= 0.3 is 0 Å². The molecule has 0 aliphatic heterocycles. The summed E-state index contributed by atoms with van der Waals surface area (Å²) in [5.74, 6) is 3.36. The molecule has 0 radical (unpaired) electrons. The van der Waals surface area contributed by atoms with Crippen LogP contribution in [0.25, 0.3) is 0 Å². The van der Waals surface area contributed by atoms with Gasteiger partial charge in [0.15, 0.2) is 0 Å². The molecule has 0 heterocycles. The van der Waals surface area contributed by atoms with Gasteiger partial charge in [0, 0.05) is 0 Å². The molecule has 110 valence electrons. The molecule has 1 heteroatoms. The second-order valence-electron chi connectivity index (χ2n) is 6.71. The van der Waals surface area contributed by atoms with Crippen LogP contribution in [0.5, 0.6) is 0 Å². The summed E-state index contributed by atoms with van der Waals surface area (Å²) in [4.78, 5) is 0. The van der Waals surface area contributed by atoms with E-state index in [0.717, 1.165) is 30.2 Å². The Labute approximate surface area is 116 Å². The van der Waals surface area contributed by atoms with Crippen molar-refractivity contribution in [3.05, 3.63) is 0 Å². The SMILES string of the molecule is CCCCC(CC)CC(CNCC(C)C)C(C)C. The molecule has 0 bridgehead atoms. The number of hydrogen-bond acceptors (Lipinski definition) is 1. The smallest absolute Gasteiger partial charge is 0.00179 e. The molecule has 0 aromatic heterocycles. The topological polar surface area (TPSA) is 12.0 Å². The van der Waals surface area contributed by atoms with E-state index in [1.54, 1.807) is 0 Å². The Morgan fingerprint density at radius 2 is 1.61 bits per heavy atom. The third-order valence-corrected chi connectivity index (χ3v) is 4.08. The van der Waals surface area contributed by atoms with Crippen molar-refractivity contribution >= 4 is 0 Å². The van der Waals surface area contributed by atoms with Crippen LogP contribution < -0.4 is 5.32 Å². The Morgan fingerprint density at radius 1 is 0.944 bits per heavy atom. The Kier molecular flexibility index (Phi) is 10.8. The molecule has 0 saturated carbocycles. The highest BCUT2D eigenvalue weighted by Gasteiger charge is 2.18. The van der Waals surface area contributed by atoms with Crippen molar-refractivity contribution < 1.29 is 0 Å². The monoisotopic (exact) mass is 255 g/mol. The maximum absolute atomic E-state index is 3.65. The van der Waals surface area contributed by atoms with Crippen molar-refractivity contribution in [3.8, 4) is 0 Å². The molecule has 0 aliphatic carbocycles. The molecule has 18 heavy (non-hydrogen) atoms. The molecule has 0 fully saturated rings. The van der Waals surface area contributed by atoms with Gasteiger partial charge in [-0.25, -0.2) is 0 Å². The molecule has 0 aromatic rings. The van der Waals surface area contributed by atoms with Crippen LogP contribution in [0, 0.1) is 23.7 Å². The van der Waals surface area contributed by atoms with Gasteiger partial charge < -0.3 is 5.32 Å². The average molecular weight is 255 g/mol. The Bertz CT molecular complexity index is 174. The summed E-state index contributed by atoms with van der Waals surface area (Å²) in [7, 11) is 0. The van der Waals surface area contributed by atoms with Crippen LogP contribution in [0.15, 0.2) is 0 Å². The van der Waals surface area contributed by atoms with E-state index in [9.17, 15) is 0 Å². The lowest BCUT2D eigenvalue weighted by Crippen LogP contribution is -2.30. The molecule has 0 amide bonds. The second kappa shape index (κ2) is 10.8. The zero-order valence-corrected chi connectivity index (χ0v) is 13.8. The Balaban J connectivity index is 4.06. The quantitative estimate of drug-likeness (QED) is 0.541. The highest BCUT2D eigenvalue weighted by molar-refractivity contribution is 4.71. The highest BCUT2D eigenvalue weighted by Crippen LogP contribution is 2.25. The number of nitrogens with one attached hydrogen (secondary N) is 1. The summed E-state index contributed by atoms with van der Waals surface area (Å²) >= 11 is 0. The minimum absolute atomic E-state index is 0.764. The molecule has 2 unspecified atom stereocenters. The lowest BCUT2D eigenvalue weighted by molar-refractivity contribution is 0.266. The first-order valence-electron chi connectivity index (χ1n) is 8.21. The van der Waals surface area contributed by atoms with Crippen LogP contribution in [-0.4, -0.2) is 13.1 Å². The second-order valence-corrected chi connectivity index (χ2v) is 6.71. The molecule has 0 rings (SSSR count). The van der Waals surface area contributed by atoms with Gasteiger partial charge in [-0.1, -0.05) is 67.2 Å². The van der Waals surface area contributed by atoms with Crippen LogP contribution in [0.2, 0.25) is 0 Å². The first-order valence-corrected chi connectivity index (χ1v) is 8.21. The fourth-order valence-electron chi connectivity index (χ4n) is 2.56. The Morgan fingerprint density at radius 3 is 2.06 bits per heavy atom. The maximum atomic E-state index is 3.65. The van der Waals surface area contributed by atoms with Crippen LogP contribution in [0.3, 0.4) is 0 Å². The maximum Gasteiger partial charge on any atom is -0.00179 e. The highest BCUT2D eigenvalue weighted by atomic mass is 14.9. The molecule has 0 spiro atoms. The molecular formula is C17H37N. The fourth-order valence-corrected chi connectivity index (χ4v) is 2.56. The van der Waals surface area contributed by atoms with Gasteiger partial charge in [-0.05, 0) is 43.2 Å². The van der Waals surface area contributed by atoms with Gasteiger partial charge in [-0.2, -0.15) is 0 Å². The molecular weight excluding hydrogens is 218 g/mol. The predicted molar refractivity (Wildman–Crippen MR) is 84.0 cm³/mol. The molecule has 0 aromatic carbocycles. The number of rotatable bonds is 11. The number of unbranched alkanes of at least 4 members (excludes halogenated alkanes) is 1. The van der Waals surface area contributed by atoms with Crippen molar-refractivity contribution in [3.63, 3.8) is 0 Å². The van der Waals surface area contributed by atoms with E-state index in [0.29, 0.717) is 0 Å². The van der Waals surface area contributed by atoms with Gasteiger partial charge in [0.1, 0.15) is 0 Å². The van der Waals surface area contributed by atoms with E-state index in [1.807, 2.05) is 0 Å². The van der Waals surface area contributed by atoms with E-state index in [1.165, 1.54) is 38.6 Å². The third-order valence-electron chi connectivity index (χ3n) is 4.08. The summed E-state index contributed by atoms with van der Waals surface area (Å²) in [5, 5.41) is 3.65. The lowest BCUT2D eigenvalue weighted by Gasteiger charge is -2.26. The van der Waals surface area contributed by atoms with Crippen LogP contribution in [0.1, 0.15) is 73.6 Å². The molecule has 2 atom stereocenters. The molecule has 0 aliphatic rings. The van der Waals surface area contributed by atoms with E-state index >= 15 is 0 Å². The van der Waals surface area contributed by atoms with Crippen LogP contribution in [0.4, 0.5) is 0 Å². The molecule has 1 nitrogen and oxygen atoms in total. The lowest BCUT2D eigenvalue weighted by atomic mass is 9.83. The van der Waals surface area contributed by atoms with E-state index in [4.69, 9.17) is 0 Å². The first kappa shape index (κ1) is 18.0. The minimum Gasteiger partial charge on any atom is -0.316 e. The largest absolute Gasteiger partial charge is 0.316 e. The molecule has 0 saturated heterocycles. The van der Waals surface area contributed by atoms with Crippen molar-refractivity contribution in [1.29, 1.82) is 0 Å². The zero-order valence-electron chi connectivity index (χ0n) is 13.8. The first-order chi connectivity index (χ1) is 8.51. The van der Waals surface area contributed by atoms with Crippen molar-refractivity contribution in [2.75, 3.05) is 13.1 Å². The summed E-state index contributed by atoms with van der Waals surface area (Å²) < 4.78 is 0. The van der Waals surface area contributed by atoms with Gasteiger partial charge in [0.05, 0.1) is 0 Å². The zero-order chi connectivity index (χ0) is 14.0. The standard InChI is InChI=1S/C17H37N/c1-7-9-10-16(8-2)11-17(15(5)6)13-18-12-14(3)4/h14-18H,7-13H2,1-6H3. The van der Waals surface area contributed by atoms with E-state index in [2.05, 4.69) is 46.9 Å². The van der Waals surface area contributed by atoms with Gasteiger partial charge in [-0.3, -0.25) is 0 Å². The third kappa shape index (κ3) is 8.97. The number of hydrogen-bond donors (Lipinski definition) is 1. The summed E-state index contributed by atoms with van der Waals surface area (Å²) in [5.41, 5.74) is 0. The van der Waals surface area contributed by atoms with E-state index in [-0.39, 0.29) is 0 Å². The Hall–Kier alpha value is -0.0400. The summed E-state index contributed by atoms with van der Waals surface area (Å²) in [6, 6.07) is 0. The summed E-state index contributed by atoms with van der Waals surface area (Å²) in [6.45, 7) is 16.4. The van der Waals surface area contributed by atoms with Gasteiger partial charge in [0.2, 0.25) is 0 Å². The van der Waals surface area contributed by atoms with Crippen molar-refractivity contribution in [2.45, 2.75) is 73.6 Å². The van der Waals surface area contributed by atoms with Crippen molar-refractivity contribution in [2.24, 2.45) is 23.7 Å². The fraction of sp³-hybridized carbons (Fsp3) is 1.00. The normalized spacial score (nSPS) is 15.3.